The number of nitrogen functional groups attached to an aromatic ring is 1. The number of rotatable bonds is 1. The van der Waals surface area contributed by atoms with Crippen LogP contribution in [0.1, 0.15) is 18.5 Å². The molecule has 0 aliphatic heterocycles. The molecule has 0 amide bonds. The minimum Gasteiger partial charge on any atom is -0.398 e. The Balaban J connectivity index is 2.82. The lowest BCUT2D eigenvalue weighted by Gasteiger charge is -2.11. The highest BCUT2D eigenvalue weighted by Crippen LogP contribution is 2.27. The molecule has 0 bridgehead atoms. The zero-order valence-corrected chi connectivity index (χ0v) is 8.20. The molecule has 0 aliphatic rings. The van der Waals surface area contributed by atoms with Crippen molar-refractivity contribution in [3.63, 3.8) is 0 Å². The van der Waals surface area contributed by atoms with Crippen molar-refractivity contribution in [1.82, 2.24) is 0 Å². The summed E-state index contributed by atoms with van der Waals surface area (Å²) in [6.07, 6.45) is 0. The maximum absolute atomic E-state index is 5.89. The van der Waals surface area contributed by atoms with Crippen LogP contribution >= 0.6 is 0 Å². The summed E-state index contributed by atoms with van der Waals surface area (Å²) in [7, 11) is 0. The van der Waals surface area contributed by atoms with Crippen molar-refractivity contribution in [2.75, 3.05) is 5.73 Å². The molecule has 0 heterocycles. The van der Waals surface area contributed by atoms with Crippen LogP contribution in [0.2, 0.25) is 0 Å². The van der Waals surface area contributed by atoms with Crippen molar-refractivity contribution in [2.45, 2.75) is 13.0 Å². The molecule has 0 saturated heterocycles. The Morgan fingerprint density at radius 2 is 1.64 bits per heavy atom. The molecule has 0 aliphatic carbocycles. The first-order valence-electron chi connectivity index (χ1n) is 4.73. The van der Waals surface area contributed by atoms with Crippen molar-refractivity contribution in [1.29, 1.82) is 0 Å². The van der Waals surface area contributed by atoms with Crippen LogP contribution in [0.4, 0.5) is 5.69 Å². The monoisotopic (exact) mass is 186 g/mol. The number of hydrogen-bond acceptors (Lipinski definition) is 2. The highest BCUT2D eigenvalue weighted by Gasteiger charge is 2.06. The average molecular weight is 186 g/mol. The van der Waals surface area contributed by atoms with E-state index < -0.39 is 0 Å². The normalized spacial score (nSPS) is 13.0. The summed E-state index contributed by atoms with van der Waals surface area (Å²) in [4.78, 5) is 0. The predicted octanol–water partition coefficient (Wildman–Crippen LogP) is 2.44. The Hall–Kier alpha value is -1.54. The predicted molar refractivity (Wildman–Crippen MR) is 61.0 cm³/mol. The number of anilines is 1. The van der Waals surface area contributed by atoms with E-state index in [2.05, 4.69) is 6.07 Å². The molecular weight excluding hydrogens is 172 g/mol. The second-order valence-corrected chi connectivity index (χ2v) is 3.58. The van der Waals surface area contributed by atoms with E-state index in [9.17, 15) is 0 Å². The topological polar surface area (TPSA) is 52.0 Å². The van der Waals surface area contributed by atoms with Gasteiger partial charge in [-0.1, -0.05) is 30.3 Å². The smallest absolute Gasteiger partial charge is 0.0393 e. The molecule has 1 atom stereocenters. The first-order chi connectivity index (χ1) is 6.70. The number of fused-ring (bicyclic) bond motifs is 1. The Bertz CT molecular complexity index is 461. The van der Waals surface area contributed by atoms with Crippen molar-refractivity contribution < 1.29 is 0 Å². The van der Waals surface area contributed by atoms with E-state index in [1.165, 1.54) is 0 Å². The molecule has 2 rings (SSSR count). The second kappa shape index (κ2) is 3.31. The van der Waals surface area contributed by atoms with E-state index in [-0.39, 0.29) is 6.04 Å². The van der Waals surface area contributed by atoms with Gasteiger partial charge in [-0.15, -0.1) is 0 Å². The lowest BCUT2D eigenvalue weighted by atomic mass is 9.99. The molecule has 2 nitrogen and oxygen atoms in total. The molecule has 2 aromatic rings. The summed E-state index contributed by atoms with van der Waals surface area (Å²) in [5.74, 6) is 0. The Labute approximate surface area is 83.5 Å². The summed E-state index contributed by atoms with van der Waals surface area (Å²) < 4.78 is 0. The highest BCUT2D eigenvalue weighted by molar-refractivity contribution is 5.95. The molecule has 14 heavy (non-hydrogen) atoms. The van der Waals surface area contributed by atoms with E-state index in [1.54, 1.807) is 0 Å². The van der Waals surface area contributed by atoms with Crippen molar-refractivity contribution in [2.24, 2.45) is 5.73 Å². The van der Waals surface area contributed by atoms with E-state index in [1.807, 2.05) is 37.3 Å². The molecule has 1 unspecified atom stereocenters. The summed E-state index contributed by atoms with van der Waals surface area (Å²) in [6, 6.07) is 12.0. The molecule has 0 radical (unpaired) electrons. The zero-order chi connectivity index (χ0) is 10.1. The summed E-state index contributed by atoms with van der Waals surface area (Å²) in [5, 5.41) is 2.24. The average Bonchev–Trinajstić information content (AvgIpc) is 2.18. The van der Waals surface area contributed by atoms with Crippen LogP contribution in [0.5, 0.6) is 0 Å². The van der Waals surface area contributed by atoms with Crippen LogP contribution in [0.3, 0.4) is 0 Å². The summed E-state index contributed by atoms with van der Waals surface area (Å²) in [6.45, 7) is 1.98. The highest BCUT2D eigenvalue weighted by atomic mass is 14.6. The maximum atomic E-state index is 5.89. The van der Waals surface area contributed by atoms with Crippen LogP contribution in [0.15, 0.2) is 36.4 Å². The van der Waals surface area contributed by atoms with Gasteiger partial charge in [-0.05, 0) is 23.9 Å². The fourth-order valence-electron chi connectivity index (χ4n) is 1.74. The molecule has 0 spiro atoms. The summed E-state index contributed by atoms with van der Waals surface area (Å²) in [5.41, 5.74) is 13.7. The Kier molecular flexibility index (Phi) is 2.14. The lowest BCUT2D eigenvalue weighted by Crippen LogP contribution is -2.05. The second-order valence-electron chi connectivity index (χ2n) is 3.58. The minimum absolute atomic E-state index is 0.0421. The van der Waals surface area contributed by atoms with Gasteiger partial charge in [0.1, 0.15) is 0 Å². The molecular formula is C12H14N2. The quantitative estimate of drug-likeness (QED) is 0.672. The third-order valence-electron chi connectivity index (χ3n) is 2.48. The van der Waals surface area contributed by atoms with Gasteiger partial charge in [0, 0.05) is 17.1 Å². The molecule has 4 N–H and O–H groups in total. The van der Waals surface area contributed by atoms with E-state index >= 15 is 0 Å². The molecule has 0 saturated carbocycles. The largest absolute Gasteiger partial charge is 0.398 e. The van der Waals surface area contributed by atoms with Gasteiger partial charge < -0.3 is 11.5 Å². The van der Waals surface area contributed by atoms with Crippen LogP contribution in [-0.4, -0.2) is 0 Å². The van der Waals surface area contributed by atoms with Crippen LogP contribution in [0, 0.1) is 0 Å². The number of benzene rings is 2. The molecule has 2 aromatic carbocycles. The van der Waals surface area contributed by atoms with Gasteiger partial charge in [-0.2, -0.15) is 0 Å². The summed E-state index contributed by atoms with van der Waals surface area (Å²) >= 11 is 0. The fraction of sp³-hybridized carbons (Fsp3) is 0.167. The molecule has 0 fully saturated rings. The maximum Gasteiger partial charge on any atom is 0.0393 e. The number of nitrogens with two attached hydrogens (primary N) is 2. The standard InChI is InChI=1S/C12H14N2/c1-8(13)9-6-7-12(14)11-5-3-2-4-10(9)11/h2-8H,13-14H2,1H3. The number of hydrogen-bond donors (Lipinski definition) is 2. The van der Waals surface area contributed by atoms with Gasteiger partial charge >= 0.3 is 0 Å². The fourth-order valence-corrected chi connectivity index (χ4v) is 1.74. The van der Waals surface area contributed by atoms with Gasteiger partial charge in [-0.3, -0.25) is 0 Å². The third-order valence-corrected chi connectivity index (χ3v) is 2.48. The van der Waals surface area contributed by atoms with Crippen LogP contribution < -0.4 is 11.5 Å². The Morgan fingerprint density at radius 1 is 1.00 bits per heavy atom. The SMILES string of the molecule is CC(N)c1ccc(N)c2ccccc12. The lowest BCUT2D eigenvalue weighted by molar-refractivity contribution is 0.827. The molecule has 72 valence electrons. The first-order valence-corrected chi connectivity index (χ1v) is 4.73. The van der Waals surface area contributed by atoms with Gasteiger partial charge in [0.05, 0.1) is 0 Å². The first kappa shape index (κ1) is 9.03. The van der Waals surface area contributed by atoms with Crippen LogP contribution in [-0.2, 0) is 0 Å². The minimum atomic E-state index is 0.0421. The van der Waals surface area contributed by atoms with E-state index in [4.69, 9.17) is 11.5 Å². The van der Waals surface area contributed by atoms with E-state index in [0.717, 1.165) is 22.0 Å². The van der Waals surface area contributed by atoms with Gasteiger partial charge in [0.25, 0.3) is 0 Å². The Morgan fingerprint density at radius 3 is 2.29 bits per heavy atom. The van der Waals surface area contributed by atoms with Gasteiger partial charge in [-0.25, -0.2) is 0 Å². The molecule has 0 aromatic heterocycles. The third kappa shape index (κ3) is 1.34. The van der Waals surface area contributed by atoms with Gasteiger partial charge in [0.15, 0.2) is 0 Å². The van der Waals surface area contributed by atoms with Crippen LogP contribution in [0.25, 0.3) is 10.8 Å². The molecule has 2 heteroatoms. The van der Waals surface area contributed by atoms with Gasteiger partial charge in [0.2, 0.25) is 0 Å². The zero-order valence-electron chi connectivity index (χ0n) is 8.20. The van der Waals surface area contributed by atoms with E-state index in [0.29, 0.717) is 0 Å². The van der Waals surface area contributed by atoms with Crippen molar-refractivity contribution in [3.8, 4) is 0 Å². The van der Waals surface area contributed by atoms with Crippen molar-refractivity contribution in [3.05, 3.63) is 42.0 Å². The van der Waals surface area contributed by atoms with Crippen molar-refractivity contribution >= 4 is 16.5 Å².